The highest BCUT2D eigenvalue weighted by atomic mass is 16.3. The predicted molar refractivity (Wildman–Crippen MR) is 110 cm³/mol. The molecule has 0 spiro atoms. The first-order valence-corrected chi connectivity index (χ1v) is 9.96. The molecule has 0 N–H and O–H groups in total. The van der Waals surface area contributed by atoms with E-state index in [2.05, 4.69) is 0 Å². The lowest BCUT2D eigenvalue weighted by molar-refractivity contribution is 0.0717. The van der Waals surface area contributed by atoms with Gasteiger partial charge < -0.3 is 9.32 Å². The van der Waals surface area contributed by atoms with Crippen LogP contribution in [0.5, 0.6) is 0 Å². The largest absolute Gasteiger partial charge is 0.467 e. The lowest BCUT2D eigenvalue weighted by atomic mass is 10.0. The normalized spacial score (nSPS) is 15.4. The zero-order valence-corrected chi connectivity index (χ0v) is 16.5. The molecule has 3 amide bonds. The molecule has 0 radical (unpaired) electrons. The number of para-hydroxylation sites is 1. The summed E-state index contributed by atoms with van der Waals surface area (Å²) in [6.45, 7) is 2.24. The van der Waals surface area contributed by atoms with E-state index in [9.17, 15) is 14.4 Å². The minimum absolute atomic E-state index is 0.161. The first-order chi connectivity index (χ1) is 14.5. The molecule has 6 heteroatoms. The Balaban J connectivity index is 1.47. The Morgan fingerprint density at radius 2 is 1.80 bits per heavy atom. The maximum atomic E-state index is 13.2. The van der Waals surface area contributed by atoms with Crippen LogP contribution in [0.4, 0.5) is 5.69 Å². The third-order valence-electron chi connectivity index (χ3n) is 5.64. The number of anilines is 1. The number of furan rings is 1. The molecule has 2 aromatic carbocycles. The third-order valence-corrected chi connectivity index (χ3v) is 5.64. The van der Waals surface area contributed by atoms with Gasteiger partial charge in [0.1, 0.15) is 5.76 Å². The van der Waals surface area contributed by atoms with Gasteiger partial charge in [-0.1, -0.05) is 18.2 Å². The fraction of sp³-hybridized carbons (Fsp3) is 0.208. The van der Waals surface area contributed by atoms with Crippen molar-refractivity contribution in [2.75, 3.05) is 4.90 Å². The summed E-state index contributed by atoms with van der Waals surface area (Å²) in [6, 6.07) is 15.8. The van der Waals surface area contributed by atoms with Crippen molar-refractivity contribution in [3.8, 4) is 0 Å². The lowest BCUT2D eigenvalue weighted by Gasteiger charge is -2.21. The molecule has 5 rings (SSSR count). The van der Waals surface area contributed by atoms with E-state index >= 15 is 0 Å². The Morgan fingerprint density at radius 1 is 1.03 bits per heavy atom. The number of hydrogen-bond acceptors (Lipinski definition) is 4. The van der Waals surface area contributed by atoms with Gasteiger partial charge in [0.05, 0.1) is 29.6 Å². The van der Waals surface area contributed by atoms with Crippen LogP contribution in [0, 0.1) is 6.92 Å². The van der Waals surface area contributed by atoms with Crippen LogP contribution in [-0.4, -0.2) is 28.7 Å². The standard InChI is InChI=1S/C24H20N2O4/c1-15-5-2-3-7-21(15)26-23(28)19-11-8-16(13-20(19)24(26)29)22(27)25(17-9-10-17)14-18-6-4-12-30-18/h2-8,11-13,17H,9-10,14H2,1H3. The predicted octanol–water partition coefficient (Wildman–Crippen LogP) is 4.19. The Bertz CT molecular complexity index is 1160. The van der Waals surface area contributed by atoms with E-state index in [1.165, 1.54) is 4.90 Å². The van der Waals surface area contributed by atoms with Crippen LogP contribution >= 0.6 is 0 Å². The van der Waals surface area contributed by atoms with E-state index in [1.54, 1.807) is 47.6 Å². The number of hydrogen-bond donors (Lipinski definition) is 0. The molecule has 150 valence electrons. The zero-order valence-electron chi connectivity index (χ0n) is 16.5. The van der Waals surface area contributed by atoms with Gasteiger partial charge in [0.15, 0.2) is 0 Å². The second kappa shape index (κ2) is 6.99. The summed E-state index contributed by atoms with van der Waals surface area (Å²) >= 11 is 0. The number of nitrogens with zero attached hydrogens (tertiary/aromatic N) is 2. The highest BCUT2D eigenvalue weighted by molar-refractivity contribution is 6.35. The van der Waals surface area contributed by atoms with E-state index in [0.717, 1.165) is 18.4 Å². The van der Waals surface area contributed by atoms with Crippen LogP contribution in [-0.2, 0) is 6.54 Å². The SMILES string of the molecule is Cc1ccccc1N1C(=O)c2ccc(C(=O)N(Cc3ccco3)C3CC3)cc2C1=O. The topological polar surface area (TPSA) is 70.8 Å². The molecule has 30 heavy (non-hydrogen) atoms. The number of rotatable bonds is 5. The van der Waals surface area contributed by atoms with Crippen molar-refractivity contribution in [1.29, 1.82) is 0 Å². The molecule has 1 aliphatic carbocycles. The summed E-state index contributed by atoms with van der Waals surface area (Å²) in [4.78, 5) is 42.2. The number of fused-ring (bicyclic) bond motifs is 1. The van der Waals surface area contributed by atoms with Crippen molar-refractivity contribution in [2.45, 2.75) is 32.4 Å². The third kappa shape index (κ3) is 3.01. The molecule has 1 saturated carbocycles. The first kappa shape index (κ1) is 18.4. The molecule has 0 atom stereocenters. The highest BCUT2D eigenvalue weighted by Crippen LogP contribution is 2.33. The summed E-state index contributed by atoms with van der Waals surface area (Å²) < 4.78 is 5.41. The van der Waals surface area contributed by atoms with Gasteiger partial charge in [-0.05, 0) is 61.7 Å². The van der Waals surface area contributed by atoms with Crippen molar-refractivity contribution in [1.82, 2.24) is 4.90 Å². The van der Waals surface area contributed by atoms with Crippen LogP contribution in [0.25, 0.3) is 0 Å². The molecule has 1 aliphatic heterocycles. The van der Waals surface area contributed by atoms with Gasteiger partial charge in [0, 0.05) is 11.6 Å². The molecule has 1 fully saturated rings. The number of imide groups is 1. The zero-order chi connectivity index (χ0) is 20.8. The van der Waals surface area contributed by atoms with Crippen LogP contribution in [0.2, 0.25) is 0 Å². The van der Waals surface area contributed by atoms with E-state index in [0.29, 0.717) is 29.1 Å². The number of aryl methyl sites for hydroxylation is 1. The average molecular weight is 400 g/mol. The molecule has 1 aromatic heterocycles. The Kier molecular flexibility index (Phi) is 4.28. The second-order valence-electron chi connectivity index (χ2n) is 7.74. The van der Waals surface area contributed by atoms with Gasteiger partial charge in [-0.15, -0.1) is 0 Å². The average Bonchev–Trinajstić information content (AvgIpc) is 3.41. The Morgan fingerprint density at radius 3 is 2.50 bits per heavy atom. The summed E-state index contributed by atoms with van der Waals surface area (Å²) in [6.07, 6.45) is 3.50. The fourth-order valence-electron chi connectivity index (χ4n) is 3.90. The van der Waals surface area contributed by atoms with E-state index < -0.39 is 5.91 Å². The number of benzene rings is 2. The highest BCUT2D eigenvalue weighted by Gasteiger charge is 2.39. The van der Waals surface area contributed by atoms with Gasteiger partial charge >= 0.3 is 0 Å². The molecule has 0 unspecified atom stereocenters. The maximum absolute atomic E-state index is 13.2. The van der Waals surface area contributed by atoms with Crippen molar-refractivity contribution in [3.05, 3.63) is 88.9 Å². The molecular formula is C24H20N2O4. The van der Waals surface area contributed by atoms with Crippen molar-refractivity contribution < 1.29 is 18.8 Å². The minimum Gasteiger partial charge on any atom is -0.467 e. The number of amides is 3. The number of carbonyl (C=O) groups excluding carboxylic acids is 3. The van der Waals surface area contributed by atoms with Crippen molar-refractivity contribution >= 4 is 23.4 Å². The van der Waals surface area contributed by atoms with Crippen molar-refractivity contribution in [3.63, 3.8) is 0 Å². The maximum Gasteiger partial charge on any atom is 0.266 e. The molecule has 6 nitrogen and oxygen atoms in total. The molecular weight excluding hydrogens is 380 g/mol. The van der Waals surface area contributed by atoms with Crippen LogP contribution in [0.3, 0.4) is 0 Å². The van der Waals surface area contributed by atoms with Gasteiger partial charge in [0.2, 0.25) is 0 Å². The smallest absolute Gasteiger partial charge is 0.266 e. The Labute approximate surface area is 173 Å². The lowest BCUT2D eigenvalue weighted by Crippen LogP contribution is -2.32. The van der Waals surface area contributed by atoms with Crippen LogP contribution in [0.1, 0.15) is 55.2 Å². The second-order valence-corrected chi connectivity index (χ2v) is 7.74. The van der Waals surface area contributed by atoms with Gasteiger partial charge in [-0.25, -0.2) is 4.90 Å². The summed E-state index contributed by atoms with van der Waals surface area (Å²) in [7, 11) is 0. The summed E-state index contributed by atoms with van der Waals surface area (Å²) in [5, 5.41) is 0. The molecule has 2 heterocycles. The fourth-order valence-corrected chi connectivity index (χ4v) is 3.90. The Hall–Kier alpha value is -3.67. The monoisotopic (exact) mass is 400 g/mol. The molecule has 3 aromatic rings. The van der Waals surface area contributed by atoms with Gasteiger partial charge in [0.25, 0.3) is 17.7 Å². The number of carbonyl (C=O) groups is 3. The van der Waals surface area contributed by atoms with Crippen LogP contribution < -0.4 is 4.90 Å². The van der Waals surface area contributed by atoms with E-state index in [-0.39, 0.29) is 23.4 Å². The molecule has 0 saturated heterocycles. The molecule has 2 aliphatic rings. The summed E-state index contributed by atoms with van der Waals surface area (Å²) in [5.41, 5.74) is 2.39. The molecule has 0 bridgehead atoms. The van der Waals surface area contributed by atoms with Crippen LogP contribution in [0.15, 0.2) is 65.3 Å². The van der Waals surface area contributed by atoms with Gasteiger partial charge in [-0.2, -0.15) is 0 Å². The van der Waals surface area contributed by atoms with E-state index in [1.807, 2.05) is 25.1 Å². The van der Waals surface area contributed by atoms with Crippen molar-refractivity contribution in [2.24, 2.45) is 0 Å². The summed E-state index contributed by atoms with van der Waals surface area (Å²) in [5.74, 6) is -0.208. The van der Waals surface area contributed by atoms with E-state index in [4.69, 9.17) is 4.42 Å². The van der Waals surface area contributed by atoms with Gasteiger partial charge in [-0.3, -0.25) is 14.4 Å². The quantitative estimate of drug-likeness (QED) is 0.602. The minimum atomic E-state index is -0.400. The first-order valence-electron chi connectivity index (χ1n) is 9.96.